The summed E-state index contributed by atoms with van der Waals surface area (Å²) in [5.74, 6) is 0.569. The summed E-state index contributed by atoms with van der Waals surface area (Å²) in [6.07, 6.45) is 0.971. The molecule has 0 unspecified atom stereocenters. The Kier molecular flexibility index (Phi) is 4.19. The van der Waals surface area contributed by atoms with Crippen molar-refractivity contribution in [3.8, 4) is 6.07 Å². The molecular weight excluding hydrogens is 261 g/mol. The summed E-state index contributed by atoms with van der Waals surface area (Å²) in [5.41, 5.74) is 1.87. The van der Waals surface area contributed by atoms with Gasteiger partial charge in [-0.05, 0) is 51.7 Å². The Morgan fingerprint density at radius 3 is 2.19 bits per heavy atom. The first-order valence-electron chi connectivity index (χ1n) is 7.55. The van der Waals surface area contributed by atoms with Gasteiger partial charge in [0.25, 0.3) is 0 Å². The average Bonchev–Trinajstić information content (AvgIpc) is 2.57. The summed E-state index contributed by atoms with van der Waals surface area (Å²) < 4.78 is 12.1. The Morgan fingerprint density at radius 2 is 1.71 bits per heavy atom. The molecule has 0 aromatic heterocycles. The molecular formula is C17H24BNO2. The Balaban J connectivity index is 2.32. The third-order valence-corrected chi connectivity index (χ3v) is 4.39. The first-order chi connectivity index (χ1) is 9.66. The Hall–Kier alpha value is -1.31. The number of rotatable bonds is 3. The van der Waals surface area contributed by atoms with Crippen LogP contribution in [0.15, 0.2) is 18.2 Å². The van der Waals surface area contributed by atoms with Crippen LogP contribution < -0.4 is 5.46 Å². The zero-order valence-corrected chi connectivity index (χ0v) is 13.9. The van der Waals surface area contributed by atoms with E-state index < -0.39 is 7.12 Å². The second-order valence-electron chi connectivity index (χ2n) is 7.22. The van der Waals surface area contributed by atoms with E-state index in [-0.39, 0.29) is 11.2 Å². The van der Waals surface area contributed by atoms with Crippen molar-refractivity contribution in [3.05, 3.63) is 29.3 Å². The molecule has 21 heavy (non-hydrogen) atoms. The monoisotopic (exact) mass is 285 g/mol. The number of nitrogens with zero attached hydrogens (tertiary/aromatic N) is 1. The van der Waals surface area contributed by atoms with Crippen molar-refractivity contribution in [3.63, 3.8) is 0 Å². The standard InChI is InChI=1S/C17H24BNO2/c1-12(2)9-13-7-8-15(14(10-13)11-19)18-20-16(3,4)17(5,6)21-18/h7-8,10,12H,9H2,1-6H3. The van der Waals surface area contributed by atoms with Crippen molar-refractivity contribution in [1.29, 1.82) is 5.26 Å². The number of hydrogen-bond donors (Lipinski definition) is 0. The fourth-order valence-corrected chi connectivity index (χ4v) is 2.47. The SMILES string of the molecule is CC(C)Cc1ccc(B2OC(C)(C)C(C)(C)O2)c(C#N)c1. The largest absolute Gasteiger partial charge is 0.496 e. The second-order valence-corrected chi connectivity index (χ2v) is 7.22. The third kappa shape index (κ3) is 3.15. The zero-order chi connectivity index (χ0) is 15.8. The van der Waals surface area contributed by atoms with E-state index in [1.54, 1.807) is 0 Å². The van der Waals surface area contributed by atoms with Crippen LogP contribution in [-0.4, -0.2) is 18.3 Å². The van der Waals surface area contributed by atoms with Gasteiger partial charge in [0.05, 0.1) is 22.8 Å². The van der Waals surface area contributed by atoms with Crippen molar-refractivity contribution < 1.29 is 9.31 Å². The highest BCUT2D eigenvalue weighted by Gasteiger charge is 2.52. The molecule has 1 aromatic carbocycles. The van der Waals surface area contributed by atoms with Gasteiger partial charge in [0.15, 0.2) is 0 Å². The fourth-order valence-electron chi connectivity index (χ4n) is 2.47. The van der Waals surface area contributed by atoms with Crippen LogP contribution in [0.3, 0.4) is 0 Å². The molecule has 0 radical (unpaired) electrons. The minimum absolute atomic E-state index is 0.388. The molecule has 2 rings (SSSR count). The van der Waals surface area contributed by atoms with Crippen molar-refractivity contribution >= 4 is 12.6 Å². The minimum atomic E-state index is -0.474. The quantitative estimate of drug-likeness (QED) is 0.802. The molecule has 1 fully saturated rings. The van der Waals surface area contributed by atoms with Gasteiger partial charge in [-0.1, -0.05) is 26.0 Å². The van der Waals surface area contributed by atoms with E-state index in [4.69, 9.17) is 9.31 Å². The van der Waals surface area contributed by atoms with Crippen molar-refractivity contribution in [2.24, 2.45) is 5.92 Å². The molecule has 0 atom stereocenters. The summed E-state index contributed by atoms with van der Waals surface area (Å²) in [7, 11) is -0.474. The van der Waals surface area contributed by atoms with Crippen LogP contribution in [-0.2, 0) is 15.7 Å². The Bertz CT molecular complexity index is 557. The Labute approximate surface area is 128 Å². The van der Waals surface area contributed by atoms with E-state index in [0.29, 0.717) is 11.5 Å². The maximum atomic E-state index is 9.44. The molecule has 112 valence electrons. The van der Waals surface area contributed by atoms with Gasteiger partial charge in [0.1, 0.15) is 0 Å². The topological polar surface area (TPSA) is 42.2 Å². The van der Waals surface area contributed by atoms with Gasteiger partial charge in [-0.2, -0.15) is 5.26 Å². The highest BCUT2D eigenvalue weighted by Crippen LogP contribution is 2.36. The Morgan fingerprint density at radius 1 is 1.14 bits per heavy atom. The molecule has 0 amide bonds. The molecule has 0 bridgehead atoms. The maximum absolute atomic E-state index is 9.44. The molecule has 0 aliphatic carbocycles. The van der Waals surface area contributed by atoms with Gasteiger partial charge in [0, 0.05) is 5.46 Å². The van der Waals surface area contributed by atoms with Crippen LogP contribution in [0.25, 0.3) is 0 Å². The van der Waals surface area contributed by atoms with Crippen LogP contribution in [0.4, 0.5) is 0 Å². The van der Waals surface area contributed by atoms with Gasteiger partial charge in [-0.25, -0.2) is 0 Å². The van der Waals surface area contributed by atoms with Gasteiger partial charge < -0.3 is 9.31 Å². The van der Waals surface area contributed by atoms with E-state index >= 15 is 0 Å². The van der Waals surface area contributed by atoms with Crippen molar-refractivity contribution in [1.82, 2.24) is 0 Å². The summed E-state index contributed by atoms with van der Waals surface area (Å²) >= 11 is 0. The highest BCUT2D eigenvalue weighted by atomic mass is 16.7. The molecule has 4 heteroatoms. The number of hydrogen-bond acceptors (Lipinski definition) is 3. The summed E-state index contributed by atoms with van der Waals surface area (Å²) in [6.45, 7) is 12.4. The summed E-state index contributed by atoms with van der Waals surface area (Å²) in [5, 5.41) is 9.44. The average molecular weight is 285 g/mol. The second kappa shape index (κ2) is 5.48. The smallest absolute Gasteiger partial charge is 0.399 e. The predicted molar refractivity (Wildman–Crippen MR) is 85.4 cm³/mol. The molecule has 0 spiro atoms. The fraction of sp³-hybridized carbons (Fsp3) is 0.588. The lowest BCUT2D eigenvalue weighted by Crippen LogP contribution is -2.41. The van der Waals surface area contributed by atoms with Crippen LogP contribution in [0, 0.1) is 17.2 Å². The predicted octanol–water partition coefficient (Wildman–Crippen LogP) is 3.06. The van der Waals surface area contributed by atoms with Crippen molar-refractivity contribution in [2.75, 3.05) is 0 Å². The lowest BCUT2D eigenvalue weighted by Gasteiger charge is -2.32. The van der Waals surface area contributed by atoms with Crippen molar-refractivity contribution in [2.45, 2.75) is 59.2 Å². The maximum Gasteiger partial charge on any atom is 0.496 e. The summed E-state index contributed by atoms with van der Waals surface area (Å²) in [4.78, 5) is 0. The molecule has 3 nitrogen and oxygen atoms in total. The third-order valence-electron chi connectivity index (χ3n) is 4.39. The van der Waals surface area contributed by atoms with E-state index in [0.717, 1.165) is 11.9 Å². The van der Waals surface area contributed by atoms with E-state index in [1.165, 1.54) is 5.56 Å². The van der Waals surface area contributed by atoms with Crippen LogP contribution >= 0.6 is 0 Å². The van der Waals surface area contributed by atoms with Gasteiger partial charge in [0.2, 0.25) is 0 Å². The summed E-state index contributed by atoms with van der Waals surface area (Å²) in [6, 6.07) is 8.28. The van der Waals surface area contributed by atoms with E-state index in [1.807, 2.05) is 39.8 Å². The lowest BCUT2D eigenvalue weighted by molar-refractivity contribution is 0.00578. The van der Waals surface area contributed by atoms with Crippen LogP contribution in [0.2, 0.25) is 0 Å². The van der Waals surface area contributed by atoms with Gasteiger partial charge in [-0.15, -0.1) is 0 Å². The van der Waals surface area contributed by atoms with Crippen LogP contribution in [0.1, 0.15) is 52.7 Å². The van der Waals surface area contributed by atoms with Crippen LogP contribution in [0.5, 0.6) is 0 Å². The minimum Gasteiger partial charge on any atom is -0.399 e. The van der Waals surface area contributed by atoms with Gasteiger partial charge >= 0.3 is 7.12 Å². The molecule has 1 aliphatic rings. The molecule has 1 aliphatic heterocycles. The normalized spacial score (nSPS) is 19.8. The van der Waals surface area contributed by atoms with E-state index in [9.17, 15) is 5.26 Å². The first kappa shape index (κ1) is 16.1. The first-order valence-corrected chi connectivity index (χ1v) is 7.55. The molecule has 1 aromatic rings. The molecule has 1 saturated heterocycles. The number of nitriles is 1. The molecule has 0 N–H and O–H groups in total. The highest BCUT2D eigenvalue weighted by molar-refractivity contribution is 6.62. The number of benzene rings is 1. The van der Waals surface area contributed by atoms with Gasteiger partial charge in [-0.3, -0.25) is 0 Å². The van der Waals surface area contributed by atoms with E-state index in [2.05, 4.69) is 26.0 Å². The lowest BCUT2D eigenvalue weighted by atomic mass is 9.75. The zero-order valence-electron chi connectivity index (χ0n) is 13.9. The molecule has 0 saturated carbocycles. The molecule has 1 heterocycles.